The Kier molecular flexibility index (Phi) is 6.62. The molecular formula is C52H32O. The van der Waals surface area contributed by atoms with E-state index in [0.29, 0.717) is 0 Å². The van der Waals surface area contributed by atoms with Crippen LogP contribution in [-0.2, 0) is 0 Å². The van der Waals surface area contributed by atoms with Crippen LogP contribution in [0.15, 0.2) is 199 Å². The second kappa shape index (κ2) is 11.8. The Bertz CT molecular complexity index is 3230. The standard InChI is InChI=1S/C52H32O/c1-2-13-35-29-37(24-23-33(35)11-1)38-25-27-46-48(32-38)51(44-19-5-6-20-45(44)52(46)43-21-10-14-34-12-3-4-17-41(34)43)40-16-9-15-36(30-40)39-26-28-50-47(31-39)42-18-7-8-22-49(42)53-50/h1-32H. The average Bonchev–Trinajstić information content (AvgIpc) is 3.60. The Labute approximate surface area is 307 Å². The fourth-order valence-corrected chi connectivity index (χ4v) is 8.53. The third kappa shape index (κ3) is 4.79. The molecular weight excluding hydrogens is 641 g/mol. The molecule has 0 atom stereocenters. The van der Waals surface area contributed by atoms with E-state index in [0.717, 1.165) is 21.9 Å². The quantitative estimate of drug-likeness (QED) is 0.170. The number of furan rings is 1. The molecule has 0 saturated carbocycles. The number of benzene rings is 10. The number of rotatable bonds is 4. The maximum atomic E-state index is 6.18. The van der Waals surface area contributed by atoms with Gasteiger partial charge in [-0.2, -0.15) is 0 Å². The second-order valence-corrected chi connectivity index (χ2v) is 14.0. The van der Waals surface area contributed by atoms with Gasteiger partial charge in [-0.25, -0.2) is 0 Å². The van der Waals surface area contributed by atoms with Crippen LogP contribution in [0.4, 0.5) is 0 Å². The summed E-state index contributed by atoms with van der Waals surface area (Å²) in [7, 11) is 0. The molecule has 1 heteroatoms. The van der Waals surface area contributed by atoms with Crippen LogP contribution in [0.2, 0.25) is 0 Å². The Morgan fingerprint density at radius 3 is 1.66 bits per heavy atom. The highest BCUT2D eigenvalue weighted by atomic mass is 16.3. The summed E-state index contributed by atoms with van der Waals surface area (Å²) >= 11 is 0. The summed E-state index contributed by atoms with van der Waals surface area (Å²) in [4.78, 5) is 0. The van der Waals surface area contributed by atoms with Crippen LogP contribution in [0.25, 0.3) is 110 Å². The highest BCUT2D eigenvalue weighted by molar-refractivity contribution is 6.24. The van der Waals surface area contributed by atoms with Crippen molar-refractivity contribution in [3.63, 3.8) is 0 Å². The molecule has 0 aliphatic heterocycles. The summed E-state index contributed by atoms with van der Waals surface area (Å²) < 4.78 is 6.18. The molecule has 0 fully saturated rings. The van der Waals surface area contributed by atoms with E-state index in [1.165, 1.54) is 87.6 Å². The number of hydrogen-bond donors (Lipinski definition) is 0. The van der Waals surface area contributed by atoms with E-state index >= 15 is 0 Å². The molecule has 1 nitrogen and oxygen atoms in total. The van der Waals surface area contributed by atoms with Crippen LogP contribution in [0.1, 0.15) is 0 Å². The normalized spacial score (nSPS) is 11.8. The van der Waals surface area contributed by atoms with E-state index in [4.69, 9.17) is 4.42 Å². The van der Waals surface area contributed by atoms with Crippen molar-refractivity contribution >= 4 is 65.0 Å². The van der Waals surface area contributed by atoms with Crippen molar-refractivity contribution in [3.8, 4) is 44.5 Å². The first kappa shape index (κ1) is 29.7. The van der Waals surface area contributed by atoms with Gasteiger partial charge in [0.15, 0.2) is 0 Å². The minimum Gasteiger partial charge on any atom is -0.456 e. The summed E-state index contributed by atoms with van der Waals surface area (Å²) in [5, 5.41) is 12.3. The highest BCUT2D eigenvalue weighted by Gasteiger charge is 2.19. The summed E-state index contributed by atoms with van der Waals surface area (Å²) in [6.07, 6.45) is 0. The molecule has 0 bridgehead atoms. The van der Waals surface area contributed by atoms with Crippen LogP contribution in [0.3, 0.4) is 0 Å². The first-order valence-corrected chi connectivity index (χ1v) is 18.2. The van der Waals surface area contributed by atoms with E-state index in [1.807, 2.05) is 12.1 Å². The van der Waals surface area contributed by atoms with Crippen LogP contribution in [0.5, 0.6) is 0 Å². The molecule has 0 saturated heterocycles. The maximum Gasteiger partial charge on any atom is 0.135 e. The van der Waals surface area contributed by atoms with Gasteiger partial charge in [-0.1, -0.05) is 158 Å². The van der Waals surface area contributed by atoms with Crippen LogP contribution < -0.4 is 0 Å². The van der Waals surface area contributed by atoms with Gasteiger partial charge in [0, 0.05) is 10.8 Å². The Hall–Kier alpha value is -6.96. The summed E-state index contributed by atoms with van der Waals surface area (Å²) in [6.45, 7) is 0. The lowest BCUT2D eigenvalue weighted by Gasteiger charge is -2.20. The third-order valence-electron chi connectivity index (χ3n) is 11.0. The SMILES string of the molecule is c1cc(-c2ccc3oc4ccccc4c3c2)cc(-c2c3ccccc3c(-c3cccc4ccccc34)c3ccc(-c4ccc5ccccc5c4)cc23)c1. The lowest BCUT2D eigenvalue weighted by Crippen LogP contribution is -1.93. The molecule has 53 heavy (non-hydrogen) atoms. The van der Waals surface area contributed by atoms with Gasteiger partial charge in [0.05, 0.1) is 0 Å². The molecule has 0 aliphatic rings. The first-order chi connectivity index (χ1) is 26.3. The predicted octanol–water partition coefficient (Wildman–Crippen LogP) is 14.9. The van der Waals surface area contributed by atoms with Crippen molar-refractivity contribution < 1.29 is 4.42 Å². The van der Waals surface area contributed by atoms with Gasteiger partial charge in [0.1, 0.15) is 11.2 Å². The van der Waals surface area contributed by atoms with Crippen molar-refractivity contribution in [3.05, 3.63) is 194 Å². The average molecular weight is 673 g/mol. The first-order valence-electron chi connectivity index (χ1n) is 18.2. The second-order valence-electron chi connectivity index (χ2n) is 14.0. The highest BCUT2D eigenvalue weighted by Crippen LogP contribution is 2.47. The fraction of sp³-hybridized carbons (Fsp3) is 0. The zero-order valence-corrected chi connectivity index (χ0v) is 28.9. The van der Waals surface area contributed by atoms with Gasteiger partial charge in [0.25, 0.3) is 0 Å². The van der Waals surface area contributed by atoms with E-state index in [2.05, 4.69) is 182 Å². The van der Waals surface area contributed by atoms with E-state index in [1.54, 1.807) is 0 Å². The molecule has 11 rings (SSSR count). The predicted molar refractivity (Wildman–Crippen MR) is 225 cm³/mol. The molecule has 0 unspecified atom stereocenters. The third-order valence-corrected chi connectivity index (χ3v) is 11.0. The molecule has 0 amide bonds. The lowest BCUT2D eigenvalue weighted by atomic mass is 9.83. The Balaban J connectivity index is 1.20. The minimum absolute atomic E-state index is 0.910. The Morgan fingerprint density at radius 2 is 0.792 bits per heavy atom. The molecule has 1 aromatic heterocycles. The van der Waals surface area contributed by atoms with Crippen LogP contribution >= 0.6 is 0 Å². The van der Waals surface area contributed by atoms with Crippen molar-refractivity contribution in [2.45, 2.75) is 0 Å². The molecule has 0 radical (unpaired) electrons. The topological polar surface area (TPSA) is 13.1 Å². The van der Waals surface area contributed by atoms with Crippen LogP contribution in [-0.4, -0.2) is 0 Å². The van der Waals surface area contributed by atoms with Crippen LogP contribution in [0, 0.1) is 0 Å². The van der Waals surface area contributed by atoms with Crippen molar-refractivity contribution in [1.29, 1.82) is 0 Å². The molecule has 0 N–H and O–H groups in total. The van der Waals surface area contributed by atoms with Crippen molar-refractivity contribution in [2.24, 2.45) is 0 Å². The number of hydrogen-bond acceptors (Lipinski definition) is 1. The fourth-order valence-electron chi connectivity index (χ4n) is 8.53. The lowest BCUT2D eigenvalue weighted by molar-refractivity contribution is 0.669. The molecule has 10 aromatic carbocycles. The minimum atomic E-state index is 0.910. The van der Waals surface area contributed by atoms with Crippen molar-refractivity contribution in [1.82, 2.24) is 0 Å². The molecule has 0 aliphatic carbocycles. The number of fused-ring (bicyclic) bond motifs is 7. The van der Waals surface area contributed by atoms with Gasteiger partial charge in [0.2, 0.25) is 0 Å². The smallest absolute Gasteiger partial charge is 0.135 e. The van der Waals surface area contributed by atoms with E-state index in [9.17, 15) is 0 Å². The summed E-state index contributed by atoms with van der Waals surface area (Å²) in [5.74, 6) is 0. The van der Waals surface area contributed by atoms with Gasteiger partial charge in [-0.3, -0.25) is 0 Å². The molecule has 0 spiro atoms. The van der Waals surface area contributed by atoms with Gasteiger partial charge >= 0.3 is 0 Å². The van der Waals surface area contributed by atoms with E-state index in [-0.39, 0.29) is 0 Å². The largest absolute Gasteiger partial charge is 0.456 e. The zero-order chi connectivity index (χ0) is 34.9. The van der Waals surface area contributed by atoms with Gasteiger partial charge in [-0.15, -0.1) is 0 Å². The number of para-hydroxylation sites is 1. The zero-order valence-electron chi connectivity index (χ0n) is 28.9. The monoisotopic (exact) mass is 672 g/mol. The molecule has 1 heterocycles. The van der Waals surface area contributed by atoms with Gasteiger partial charge < -0.3 is 4.42 Å². The molecule has 11 aromatic rings. The summed E-state index contributed by atoms with van der Waals surface area (Å²) in [6, 6.07) is 70.8. The van der Waals surface area contributed by atoms with Crippen molar-refractivity contribution in [2.75, 3.05) is 0 Å². The van der Waals surface area contributed by atoms with E-state index < -0.39 is 0 Å². The Morgan fingerprint density at radius 1 is 0.245 bits per heavy atom. The van der Waals surface area contributed by atoms with Gasteiger partial charge in [-0.05, 0) is 124 Å². The summed E-state index contributed by atoms with van der Waals surface area (Å²) in [5.41, 5.74) is 11.6. The molecule has 246 valence electrons. The maximum absolute atomic E-state index is 6.18.